The number of aromatic hydroxyl groups is 1. The molecule has 2 N–H and O–H groups in total. The van der Waals surface area contributed by atoms with E-state index in [2.05, 4.69) is 4.98 Å². The van der Waals surface area contributed by atoms with Gasteiger partial charge in [0.1, 0.15) is 11.3 Å². The largest absolute Gasteiger partial charge is 0.508 e. The standard InChI is InChI=1S/C16H18N2O3/c1-4-18(14-8-12(19)6-5-10(14)2)16(21)13-9-17-11(3)7-15(13)20/h5-9,19H,4H2,1-3H3,(H,17,20). The molecule has 5 heteroatoms. The van der Waals surface area contributed by atoms with Crippen LogP contribution in [0.3, 0.4) is 0 Å². The number of amides is 1. The predicted octanol–water partition coefficient (Wildman–Crippen LogP) is 2.36. The first kappa shape index (κ1) is 14.8. The van der Waals surface area contributed by atoms with Crippen LogP contribution < -0.4 is 10.3 Å². The van der Waals surface area contributed by atoms with Gasteiger partial charge in [-0.2, -0.15) is 0 Å². The van der Waals surface area contributed by atoms with Crippen molar-refractivity contribution < 1.29 is 9.90 Å². The van der Waals surface area contributed by atoms with E-state index < -0.39 is 0 Å². The number of phenols is 1. The van der Waals surface area contributed by atoms with Crippen LogP contribution in [-0.2, 0) is 0 Å². The van der Waals surface area contributed by atoms with Crippen LogP contribution in [0.1, 0.15) is 28.5 Å². The van der Waals surface area contributed by atoms with Gasteiger partial charge < -0.3 is 15.0 Å². The first-order valence-corrected chi connectivity index (χ1v) is 6.75. The molecule has 0 saturated heterocycles. The molecule has 110 valence electrons. The highest BCUT2D eigenvalue weighted by Crippen LogP contribution is 2.25. The van der Waals surface area contributed by atoms with Crippen LogP contribution in [0.25, 0.3) is 0 Å². The lowest BCUT2D eigenvalue weighted by atomic mass is 10.1. The van der Waals surface area contributed by atoms with Crippen LogP contribution in [0.2, 0.25) is 0 Å². The molecule has 0 aliphatic carbocycles. The lowest BCUT2D eigenvalue weighted by Crippen LogP contribution is -2.34. The number of nitrogens with zero attached hydrogens (tertiary/aromatic N) is 1. The van der Waals surface area contributed by atoms with Crippen molar-refractivity contribution in [2.45, 2.75) is 20.8 Å². The summed E-state index contributed by atoms with van der Waals surface area (Å²) in [5, 5.41) is 9.62. The number of pyridine rings is 1. The van der Waals surface area contributed by atoms with Crippen molar-refractivity contribution >= 4 is 11.6 Å². The first-order valence-electron chi connectivity index (χ1n) is 6.75. The molecule has 1 amide bonds. The Labute approximate surface area is 122 Å². The minimum atomic E-state index is -0.382. The van der Waals surface area contributed by atoms with Crippen molar-refractivity contribution in [1.82, 2.24) is 4.98 Å². The summed E-state index contributed by atoms with van der Waals surface area (Å²) in [5.74, 6) is -0.299. The van der Waals surface area contributed by atoms with E-state index in [0.29, 0.717) is 17.9 Å². The summed E-state index contributed by atoms with van der Waals surface area (Å²) in [6.07, 6.45) is 1.43. The topological polar surface area (TPSA) is 73.4 Å². The number of carbonyl (C=O) groups is 1. The number of benzene rings is 1. The fraction of sp³-hybridized carbons (Fsp3) is 0.250. The van der Waals surface area contributed by atoms with Crippen molar-refractivity contribution in [1.29, 1.82) is 0 Å². The Morgan fingerprint density at radius 1 is 1.29 bits per heavy atom. The molecule has 1 heterocycles. The molecular formula is C16H18N2O3. The Bertz CT molecular complexity index is 735. The average molecular weight is 286 g/mol. The van der Waals surface area contributed by atoms with Crippen molar-refractivity contribution in [3.63, 3.8) is 0 Å². The number of rotatable bonds is 3. The molecule has 2 aromatic rings. The third-order valence-electron chi connectivity index (χ3n) is 3.33. The molecule has 0 atom stereocenters. The maximum Gasteiger partial charge on any atom is 0.263 e. The number of nitrogens with one attached hydrogen (secondary N) is 1. The number of aromatic amines is 1. The number of H-pyrrole nitrogens is 1. The molecule has 2 rings (SSSR count). The zero-order chi connectivity index (χ0) is 15.6. The Kier molecular flexibility index (Phi) is 4.12. The van der Waals surface area contributed by atoms with E-state index in [0.717, 1.165) is 5.56 Å². The number of hydrogen-bond acceptors (Lipinski definition) is 3. The molecule has 0 unspecified atom stereocenters. The van der Waals surface area contributed by atoms with Gasteiger partial charge in [-0.25, -0.2) is 0 Å². The molecule has 0 radical (unpaired) electrons. The summed E-state index contributed by atoms with van der Waals surface area (Å²) < 4.78 is 0. The van der Waals surface area contributed by atoms with Gasteiger partial charge in [-0.05, 0) is 32.4 Å². The van der Waals surface area contributed by atoms with Gasteiger partial charge in [0.05, 0.1) is 5.69 Å². The van der Waals surface area contributed by atoms with Gasteiger partial charge in [-0.15, -0.1) is 0 Å². The molecular weight excluding hydrogens is 268 g/mol. The van der Waals surface area contributed by atoms with E-state index in [1.807, 2.05) is 13.8 Å². The molecule has 5 nitrogen and oxygen atoms in total. The fourth-order valence-corrected chi connectivity index (χ4v) is 2.20. The highest BCUT2D eigenvalue weighted by atomic mass is 16.3. The molecule has 1 aromatic carbocycles. The lowest BCUT2D eigenvalue weighted by molar-refractivity contribution is 0.0987. The Balaban J connectivity index is 2.48. The quantitative estimate of drug-likeness (QED) is 0.909. The van der Waals surface area contributed by atoms with E-state index in [-0.39, 0.29) is 22.6 Å². The molecule has 0 fully saturated rings. The third kappa shape index (κ3) is 2.97. The second kappa shape index (κ2) is 5.83. The lowest BCUT2D eigenvalue weighted by Gasteiger charge is -2.23. The van der Waals surface area contributed by atoms with Crippen LogP contribution in [0.15, 0.2) is 35.3 Å². The molecule has 21 heavy (non-hydrogen) atoms. The first-order chi connectivity index (χ1) is 9.93. The number of carbonyl (C=O) groups excluding carboxylic acids is 1. The van der Waals surface area contributed by atoms with Gasteiger partial charge in [0.15, 0.2) is 5.43 Å². The summed E-state index contributed by atoms with van der Waals surface area (Å²) in [6, 6.07) is 6.23. The van der Waals surface area contributed by atoms with Gasteiger partial charge in [0, 0.05) is 30.6 Å². The van der Waals surface area contributed by atoms with Gasteiger partial charge in [0.2, 0.25) is 0 Å². The number of phenolic OH excluding ortho intramolecular Hbond substituents is 1. The van der Waals surface area contributed by atoms with E-state index >= 15 is 0 Å². The second-order valence-electron chi connectivity index (χ2n) is 4.91. The van der Waals surface area contributed by atoms with Crippen molar-refractivity contribution in [3.05, 3.63) is 57.5 Å². The van der Waals surface area contributed by atoms with Crippen LogP contribution >= 0.6 is 0 Å². The normalized spacial score (nSPS) is 10.4. The molecule has 0 aliphatic rings. The van der Waals surface area contributed by atoms with Crippen molar-refractivity contribution in [2.75, 3.05) is 11.4 Å². The van der Waals surface area contributed by atoms with Crippen LogP contribution in [0.4, 0.5) is 5.69 Å². The van der Waals surface area contributed by atoms with E-state index in [1.165, 1.54) is 23.2 Å². The van der Waals surface area contributed by atoms with Crippen molar-refractivity contribution in [3.8, 4) is 5.75 Å². The number of anilines is 1. The van der Waals surface area contributed by atoms with Gasteiger partial charge in [-0.3, -0.25) is 9.59 Å². The van der Waals surface area contributed by atoms with Crippen LogP contribution in [-0.4, -0.2) is 22.5 Å². The van der Waals surface area contributed by atoms with Gasteiger partial charge in [-0.1, -0.05) is 6.07 Å². The summed E-state index contributed by atoms with van der Waals surface area (Å²) in [6.45, 7) is 5.83. The number of hydrogen-bond donors (Lipinski definition) is 2. The van der Waals surface area contributed by atoms with Gasteiger partial charge >= 0.3 is 0 Å². The minimum Gasteiger partial charge on any atom is -0.508 e. The van der Waals surface area contributed by atoms with E-state index in [1.54, 1.807) is 19.1 Å². The average Bonchev–Trinajstić information content (AvgIpc) is 2.43. The molecule has 0 aliphatic heterocycles. The van der Waals surface area contributed by atoms with Gasteiger partial charge in [0.25, 0.3) is 5.91 Å². The summed E-state index contributed by atoms with van der Waals surface area (Å²) in [4.78, 5) is 28.9. The molecule has 0 bridgehead atoms. The van der Waals surface area contributed by atoms with Crippen LogP contribution in [0.5, 0.6) is 5.75 Å². The van der Waals surface area contributed by atoms with Crippen molar-refractivity contribution in [2.24, 2.45) is 0 Å². The maximum atomic E-state index is 12.6. The maximum absolute atomic E-state index is 12.6. The Hall–Kier alpha value is -2.56. The molecule has 1 aromatic heterocycles. The smallest absolute Gasteiger partial charge is 0.263 e. The highest BCUT2D eigenvalue weighted by Gasteiger charge is 2.20. The molecule has 0 spiro atoms. The third-order valence-corrected chi connectivity index (χ3v) is 3.33. The SMILES string of the molecule is CCN(C(=O)c1c[nH]c(C)cc1=O)c1cc(O)ccc1C. The Morgan fingerprint density at radius 2 is 2.00 bits per heavy atom. The predicted molar refractivity (Wildman–Crippen MR) is 82.0 cm³/mol. The molecule has 0 saturated carbocycles. The van der Waals surface area contributed by atoms with E-state index in [9.17, 15) is 14.7 Å². The van der Waals surface area contributed by atoms with Crippen LogP contribution in [0, 0.1) is 13.8 Å². The number of aromatic nitrogens is 1. The zero-order valence-electron chi connectivity index (χ0n) is 12.3. The summed E-state index contributed by atoms with van der Waals surface area (Å²) >= 11 is 0. The minimum absolute atomic E-state index is 0.0830. The fourth-order valence-electron chi connectivity index (χ4n) is 2.20. The summed E-state index contributed by atoms with van der Waals surface area (Å²) in [5.41, 5.74) is 1.93. The zero-order valence-corrected chi connectivity index (χ0v) is 12.3. The monoisotopic (exact) mass is 286 g/mol. The second-order valence-corrected chi connectivity index (χ2v) is 4.91. The summed E-state index contributed by atoms with van der Waals surface area (Å²) in [7, 11) is 0. The Morgan fingerprint density at radius 3 is 2.62 bits per heavy atom. The number of aryl methyl sites for hydroxylation is 2. The highest BCUT2D eigenvalue weighted by molar-refractivity contribution is 6.06. The van der Waals surface area contributed by atoms with E-state index in [4.69, 9.17) is 0 Å².